The Labute approximate surface area is 131 Å². The Hall–Kier alpha value is -0.320. The van der Waals surface area contributed by atoms with Crippen molar-refractivity contribution in [2.45, 2.75) is 25.4 Å². The van der Waals surface area contributed by atoms with E-state index < -0.39 is 0 Å². The average Bonchev–Trinajstić information content (AvgIpc) is 2.57. The van der Waals surface area contributed by atoms with Crippen LogP contribution in [0.3, 0.4) is 0 Å². The van der Waals surface area contributed by atoms with Crippen molar-refractivity contribution in [1.29, 1.82) is 0 Å². The van der Waals surface area contributed by atoms with Crippen molar-refractivity contribution < 1.29 is 0 Å². The first-order valence-corrected chi connectivity index (χ1v) is 7.88. The van der Waals surface area contributed by atoms with Crippen LogP contribution in [0.5, 0.6) is 0 Å². The Morgan fingerprint density at radius 2 is 2.10 bits per heavy atom. The average molecular weight is 316 g/mol. The molecule has 1 aliphatic heterocycles. The summed E-state index contributed by atoms with van der Waals surface area (Å²) in [6, 6.07) is 6.38. The molecule has 2 atom stereocenters. The smallest absolute Gasteiger partial charge is 0.0640 e. The fourth-order valence-corrected chi connectivity index (χ4v) is 3.51. The van der Waals surface area contributed by atoms with Crippen LogP contribution < -0.4 is 5.73 Å². The molecule has 0 spiro atoms. The predicted octanol–water partition coefficient (Wildman–Crippen LogP) is 3.02. The second kappa shape index (κ2) is 7.10. The molecule has 0 amide bonds. The molecule has 3 nitrogen and oxygen atoms in total. The van der Waals surface area contributed by atoms with Crippen LogP contribution in [0.2, 0.25) is 10.0 Å². The van der Waals surface area contributed by atoms with E-state index in [0.29, 0.717) is 22.6 Å². The molecule has 0 radical (unpaired) electrons. The highest BCUT2D eigenvalue weighted by atomic mass is 35.5. The van der Waals surface area contributed by atoms with Gasteiger partial charge in [0, 0.05) is 31.7 Å². The van der Waals surface area contributed by atoms with Gasteiger partial charge in [0.05, 0.1) is 10.0 Å². The Balaban J connectivity index is 2.29. The number of nitrogens with two attached hydrogens (primary N) is 1. The van der Waals surface area contributed by atoms with Crippen molar-refractivity contribution in [2.75, 3.05) is 33.2 Å². The molecule has 2 N–H and O–H groups in total. The molecule has 2 rings (SSSR count). The predicted molar refractivity (Wildman–Crippen MR) is 86.5 cm³/mol. The summed E-state index contributed by atoms with van der Waals surface area (Å²) in [5, 5.41) is 1.23. The SMILES string of the molecule is CC1CN(C)CCCN1C(CN)c1cccc(Cl)c1Cl. The molecule has 0 saturated carbocycles. The first-order valence-electron chi connectivity index (χ1n) is 7.13. The van der Waals surface area contributed by atoms with Gasteiger partial charge in [-0.2, -0.15) is 0 Å². The lowest BCUT2D eigenvalue weighted by Gasteiger charge is -2.35. The molecule has 0 aromatic heterocycles. The number of rotatable bonds is 3. The van der Waals surface area contributed by atoms with E-state index >= 15 is 0 Å². The first kappa shape index (κ1) is 16.1. The van der Waals surface area contributed by atoms with Crippen molar-refractivity contribution in [1.82, 2.24) is 9.80 Å². The Morgan fingerprint density at radius 1 is 1.35 bits per heavy atom. The third-order valence-corrected chi connectivity index (χ3v) is 4.90. The Kier molecular flexibility index (Phi) is 5.70. The molecular formula is C15H23Cl2N3. The minimum Gasteiger partial charge on any atom is -0.329 e. The molecule has 0 bridgehead atoms. The van der Waals surface area contributed by atoms with Crippen LogP contribution in [0.25, 0.3) is 0 Å². The van der Waals surface area contributed by atoms with Crippen molar-refractivity contribution in [3.8, 4) is 0 Å². The summed E-state index contributed by atoms with van der Waals surface area (Å²) < 4.78 is 0. The summed E-state index contributed by atoms with van der Waals surface area (Å²) in [6.45, 7) is 6.02. The van der Waals surface area contributed by atoms with Crippen LogP contribution in [0.4, 0.5) is 0 Å². The van der Waals surface area contributed by atoms with Gasteiger partial charge in [0.15, 0.2) is 0 Å². The van der Waals surface area contributed by atoms with E-state index in [9.17, 15) is 0 Å². The van der Waals surface area contributed by atoms with Crippen LogP contribution in [-0.4, -0.2) is 49.1 Å². The van der Waals surface area contributed by atoms with Gasteiger partial charge in [0.1, 0.15) is 0 Å². The quantitative estimate of drug-likeness (QED) is 0.930. The topological polar surface area (TPSA) is 32.5 Å². The van der Waals surface area contributed by atoms with Crippen LogP contribution in [-0.2, 0) is 0 Å². The molecule has 1 fully saturated rings. The third-order valence-electron chi connectivity index (χ3n) is 4.06. The van der Waals surface area contributed by atoms with Gasteiger partial charge >= 0.3 is 0 Å². The second-order valence-electron chi connectivity index (χ2n) is 5.60. The summed E-state index contributed by atoms with van der Waals surface area (Å²) >= 11 is 12.5. The summed E-state index contributed by atoms with van der Waals surface area (Å²) in [5.74, 6) is 0. The van der Waals surface area contributed by atoms with Gasteiger partial charge in [0.25, 0.3) is 0 Å². The number of hydrogen-bond acceptors (Lipinski definition) is 3. The van der Waals surface area contributed by atoms with Crippen LogP contribution in [0.1, 0.15) is 24.9 Å². The van der Waals surface area contributed by atoms with E-state index in [4.69, 9.17) is 28.9 Å². The van der Waals surface area contributed by atoms with Crippen molar-refractivity contribution >= 4 is 23.2 Å². The number of halogens is 2. The summed E-state index contributed by atoms with van der Waals surface area (Å²) in [5.41, 5.74) is 7.09. The Morgan fingerprint density at radius 3 is 2.80 bits per heavy atom. The second-order valence-corrected chi connectivity index (χ2v) is 6.38. The molecule has 1 aromatic rings. The zero-order valence-electron chi connectivity index (χ0n) is 12.1. The van der Waals surface area contributed by atoms with Gasteiger partial charge < -0.3 is 10.6 Å². The van der Waals surface area contributed by atoms with Crippen LogP contribution >= 0.6 is 23.2 Å². The number of hydrogen-bond donors (Lipinski definition) is 1. The largest absolute Gasteiger partial charge is 0.329 e. The highest BCUT2D eigenvalue weighted by Crippen LogP contribution is 2.33. The zero-order valence-corrected chi connectivity index (χ0v) is 13.7. The maximum atomic E-state index is 6.38. The lowest BCUT2D eigenvalue weighted by atomic mass is 10.0. The minimum atomic E-state index is 0.127. The summed E-state index contributed by atoms with van der Waals surface area (Å²) in [4.78, 5) is 4.83. The molecule has 5 heteroatoms. The van der Waals surface area contributed by atoms with Crippen LogP contribution in [0.15, 0.2) is 18.2 Å². The van der Waals surface area contributed by atoms with E-state index in [1.54, 1.807) is 0 Å². The maximum absolute atomic E-state index is 6.38. The van der Waals surface area contributed by atoms with Gasteiger partial charge in [-0.3, -0.25) is 4.90 Å². The standard InChI is InChI=1S/C15H23Cl2N3/c1-11-10-19(2)7-4-8-20(11)14(9-18)12-5-3-6-13(16)15(12)17/h3,5-6,11,14H,4,7-10,18H2,1-2H3. The van der Waals surface area contributed by atoms with E-state index in [-0.39, 0.29) is 6.04 Å². The highest BCUT2D eigenvalue weighted by molar-refractivity contribution is 6.42. The van der Waals surface area contributed by atoms with Gasteiger partial charge in [-0.25, -0.2) is 0 Å². The molecule has 20 heavy (non-hydrogen) atoms. The fourth-order valence-electron chi connectivity index (χ4n) is 3.07. The molecule has 0 aliphatic carbocycles. The van der Waals surface area contributed by atoms with Gasteiger partial charge in [-0.1, -0.05) is 35.3 Å². The van der Waals surface area contributed by atoms with E-state index in [2.05, 4.69) is 23.8 Å². The number of likely N-dealkylation sites (N-methyl/N-ethyl adjacent to an activating group) is 1. The van der Waals surface area contributed by atoms with Crippen LogP contribution in [0, 0.1) is 0 Å². The van der Waals surface area contributed by atoms with E-state index in [1.165, 1.54) is 0 Å². The molecule has 1 saturated heterocycles. The van der Waals surface area contributed by atoms with Crippen molar-refractivity contribution in [2.24, 2.45) is 5.73 Å². The highest BCUT2D eigenvalue weighted by Gasteiger charge is 2.28. The van der Waals surface area contributed by atoms with Crippen molar-refractivity contribution in [3.63, 3.8) is 0 Å². The van der Waals surface area contributed by atoms with E-state index in [1.807, 2.05) is 18.2 Å². The molecule has 2 unspecified atom stereocenters. The van der Waals surface area contributed by atoms with Crippen molar-refractivity contribution in [3.05, 3.63) is 33.8 Å². The summed E-state index contributed by atoms with van der Waals surface area (Å²) in [6.07, 6.45) is 1.15. The monoisotopic (exact) mass is 315 g/mol. The van der Waals surface area contributed by atoms with E-state index in [0.717, 1.165) is 31.6 Å². The maximum Gasteiger partial charge on any atom is 0.0640 e. The lowest BCUT2D eigenvalue weighted by Crippen LogP contribution is -2.43. The summed E-state index contributed by atoms with van der Waals surface area (Å²) in [7, 11) is 2.17. The molecule has 112 valence electrons. The number of benzene rings is 1. The molecule has 1 heterocycles. The Bertz CT molecular complexity index is 453. The normalized spacial score (nSPS) is 23.6. The fraction of sp³-hybridized carbons (Fsp3) is 0.600. The molecule has 1 aliphatic rings. The third kappa shape index (κ3) is 3.46. The molecule has 1 aromatic carbocycles. The lowest BCUT2D eigenvalue weighted by molar-refractivity contribution is 0.146. The van der Waals surface area contributed by atoms with Gasteiger partial charge in [0.2, 0.25) is 0 Å². The first-order chi connectivity index (χ1) is 9.54. The zero-order chi connectivity index (χ0) is 14.7. The number of nitrogens with zero attached hydrogens (tertiary/aromatic N) is 2. The minimum absolute atomic E-state index is 0.127. The molecular weight excluding hydrogens is 293 g/mol. The van der Waals surface area contributed by atoms with Gasteiger partial charge in [-0.15, -0.1) is 0 Å². The van der Waals surface area contributed by atoms with Gasteiger partial charge in [-0.05, 0) is 38.6 Å².